The zero-order chi connectivity index (χ0) is 14.4. The van der Waals surface area contributed by atoms with Gasteiger partial charge in [0.25, 0.3) is 0 Å². The van der Waals surface area contributed by atoms with Gasteiger partial charge in [0.05, 0.1) is 12.5 Å². The molecular formula is C14H21N3O2. The van der Waals surface area contributed by atoms with Crippen molar-refractivity contribution in [2.75, 3.05) is 0 Å². The first-order valence-corrected chi connectivity index (χ1v) is 6.26. The Morgan fingerprint density at radius 1 is 1.47 bits per heavy atom. The summed E-state index contributed by atoms with van der Waals surface area (Å²) in [6, 6.07) is 7.31. The standard InChI is InChI=1S/C14H21N3O2/c1-9(2)13(14(15)17-19)16-12(18)8-11-6-4-5-10(3)7-11/h4-7,9,13,19H,8H2,1-3H3,(H2,15,17)(H,16,18). The number of rotatable bonds is 5. The minimum Gasteiger partial charge on any atom is -0.409 e. The molecule has 1 aromatic carbocycles. The third-order valence-corrected chi connectivity index (χ3v) is 2.86. The van der Waals surface area contributed by atoms with Gasteiger partial charge in [-0.1, -0.05) is 48.8 Å². The highest BCUT2D eigenvalue weighted by Crippen LogP contribution is 2.06. The average Bonchev–Trinajstić information content (AvgIpc) is 2.34. The van der Waals surface area contributed by atoms with E-state index in [1.165, 1.54) is 0 Å². The molecule has 0 saturated heterocycles. The molecule has 0 aromatic heterocycles. The maximum atomic E-state index is 12.0. The molecule has 1 aromatic rings. The van der Waals surface area contributed by atoms with Crippen molar-refractivity contribution in [1.29, 1.82) is 0 Å². The highest BCUT2D eigenvalue weighted by molar-refractivity contribution is 5.90. The first kappa shape index (κ1) is 15.0. The fourth-order valence-electron chi connectivity index (χ4n) is 1.88. The van der Waals surface area contributed by atoms with Crippen molar-refractivity contribution in [1.82, 2.24) is 5.32 Å². The lowest BCUT2D eigenvalue weighted by molar-refractivity contribution is -0.121. The number of carbonyl (C=O) groups excluding carboxylic acids is 1. The van der Waals surface area contributed by atoms with Crippen LogP contribution in [0.4, 0.5) is 0 Å². The minimum absolute atomic E-state index is 0.0209. The second kappa shape index (κ2) is 6.78. The van der Waals surface area contributed by atoms with Crippen molar-refractivity contribution in [3.63, 3.8) is 0 Å². The molecule has 0 fully saturated rings. The molecule has 104 valence electrons. The number of aryl methyl sites for hydroxylation is 1. The fourth-order valence-corrected chi connectivity index (χ4v) is 1.88. The van der Waals surface area contributed by atoms with Crippen LogP contribution in [0.3, 0.4) is 0 Å². The van der Waals surface area contributed by atoms with Crippen LogP contribution in [-0.4, -0.2) is 23.0 Å². The molecule has 0 saturated carbocycles. The summed E-state index contributed by atoms with van der Waals surface area (Å²) < 4.78 is 0. The van der Waals surface area contributed by atoms with E-state index in [9.17, 15) is 4.79 Å². The van der Waals surface area contributed by atoms with E-state index < -0.39 is 6.04 Å². The van der Waals surface area contributed by atoms with E-state index >= 15 is 0 Å². The van der Waals surface area contributed by atoms with Crippen LogP contribution in [0.1, 0.15) is 25.0 Å². The number of nitrogens with zero attached hydrogens (tertiary/aromatic N) is 1. The van der Waals surface area contributed by atoms with E-state index in [0.29, 0.717) is 0 Å². The van der Waals surface area contributed by atoms with Crippen LogP contribution in [0.25, 0.3) is 0 Å². The van der Waals surface area contributed by atoms with Gasteiger partial charge in [-0.25, -0.2) is 0 Å². The second-order valence-electron chi connectivity index (χ2n) is 4.98. The number of oxime groups is 1. The summed E-state index contributed by atoms with van der Waals surface area (Å²) in [5.74, 6) is -0.0687. The minimum atomic E-state index is -0.456. The molecule has 0 radical (unpaired) electrons. The van der Waals surface area contributed by atoms with Crippen molar-refractivity contribution >= 4 is 11.7 Å². The molecule has 0 spiro atoms. The smallest absolute Gasteiger partial charge is 0.225 e. The molecule has 19 heavy (non-hydrogen) atoms. The number of amides is 1. The van der Waals surface area contributed by atoms with Crippen LogP contribution in [0.5, 0.6) is 0 Å². The van der Waals surface area contributed by atoms with Gasteiger partial charge in [-0.3, -0.25) is 4.79 Å². The molecule has 0 aliphatic rings. The Morgan fingerprint density at radius 2 is 2.16 bits per heavy atom. The normalized spacial score (nSPS) is 13.4. The van der Waals surface area contributed by atoms with Crippen LogP contribution in [0, 0.1) is 12.8 Å². The number of hydrogen-bond acceptors (Lipinski definition) is 3. The Hall–Kier alpha value is -2.04. The second-order valence-corrected chi connectivity index (χ2v) is 4.98. The number of carbonyl (C=O) groups is 1. The van der Waals surface area contributed by atoms with E-state index in [1.54, 1.807) is 0 Å². The first-order chi connectivity index (χ1) is 8.93. The van der Waals surface area contributed by atoms with Gasteiger partial charge in [-0.05, 0) is 18.4 Å². The average molecular weight is 263 g/mol. The van der Waals surface area contributed by atoms with Crippen molar-refractivity contribution < 1.29 is 10.0 Å². The third-order valence-electron chi connectivity index (χ3n) is 2.86. The van der Waals surface area contributed by atoms with Crippen molar-refractivity contribution in [2.24, 2.45) is 16.8 Å². The fraction of sp³-hybridized carbons (Fsp3) is 0.429. The number of hydrogen-bond donors (Lipinski definition) is 3. The van der Waals surface area contributed by atoms with Gasteiger partial charge in [0, 0.05) is 0 Å². The van der Waals surface area contributed by atoms with E-state index in [0.717, 1.165) is 11.1 Å². The molecule has 5 heteroatoms. The van der Waals surface area contributed by atoms with Gasteiger partial charge in [0.1, 0.15) is 0 Å². The van der Waals surface area contributed by atoms with Gasteiger partial charge < -0.3 is 16.3 Å². The molecule has 0 aliphatic heterocycles. The summed E-state index contributed by atoms with van der Waals surface area (Å²) >= 11 is 0. The summed E-state index contributed by atoms with van der Waals surface area (Å²) in [6.45, 7) is 5.78. The predicted octanol–water partition coefficient (Wildman–Crippen LogP) is 1.42. The van der Waals surface area contributed by atoms with Gasteiger partial charge >= 0.3 is 0 Å². The molecule has 1 rings (SSSR count). The molecule has 1 amide bonds. The lowest BCUT2D eigenvalue weighted by Gasteiger charge is -2.20. The Balaban J connectivity index is 2.68. The van der Waals surface area contributed by atoms with Gasteiger partial charge in [0.15, 0.2) is 5.84 Å². The van der Waals surface area contributed by atoms with Crippen molar-refractivity contribution in [3.05, 3.63) is 35.4 Å². The van der Waals surface area contributed by atoms with Crippen LogP contribution >= 0.6 is 0 Å². The van der Waals surface area contributed by atoms with Crippen LogP contribution < -0.4 is 11.1 Å². The predicted molar refractivity (Wildman–Crippen MR) is 75.1 cm³/mol. The summed E-state index contributed by atoms with van der Waals surface area (Å²) in [5.41, 5.74) is 7.63. The molecule has 0 aliphatic carbocycles. The van der Waals surface area contributed by atoms with E-state index in [1.807, 2.05) is 45.0 Å². The number of nitrogens with two attached hydrogens (primary N) is 1. The topological polar surface area (TPSA) is 87.7 Å². The number of benzene rings is 1. The van der Waals surface area contributed by atoms with Crippen molar-refractivity contribution in [3.8, 4) is 0 Å². The van der Waals surface area contributed by atoms with Crippen LogP contribution in [0.15, 0.2) is 29.4 Å². The Labute approximate surface area is 113 Å². The molecule has 4 N–H and O–H groups in total. The van der Waals surface area contributed by atoms with Gasteiger partial charge in [-0.2, -0.15) is 0 Å². The Bertz CT molecular complexity index is 470. The quantitative estimate of drug-likeness (QED) is 0.325. The zero-order valence-corrected chi connectivity index (χ0v) is 11.6. The highest BCUT2D eigenvalue weighted by atomic mass is 16.4. The summed E-state index contributed by atoms with van der Waals surface area (Å²) in [4.78, 5) is 12.0. The van der Waals surface area contributed by atoms with Crippen LogP contribution in [0.2, 0.25) is 0 Å². The maximum absolute atomic E-state index is 12.0. The monoisotopic (exact) mass is 263 g/mol. The van der Waals surface area contributed by atoms with E-state index in [4.69, 9.17) is 10.9 Å². The zero-order valence-electron chi connectivity index (χ0n) is 11.6. The van der Waals surface area contributed by atoms with E-state index in [-0.39, 0.29) is 24.1 Å². The van der Waals surface area contributed by atoms with Crippen LogP contribution in [-0.2, 0) is 11.2 Å². The third kappa shape index (κ3) is 4.62. The molecule has 0 bridgehead atoms. The highest BCUT2D eigenvalue weighted by Gasteiger charge is 2.20. The maximum Gasteiger partial charge on any atom is 0.225 e. The van der Waals surface area contributed by atoms with Gasteiger partial charge in [0.2, 0.25) is 5.91 Å². The van der Waals surface area contributed by atoms with Gasteiger partial charge in [-0.15, -0.1) is 0 Å². The largest absolute Gasteiger partial charge is 0.409 e. The molecule has 5 nitrogen and oxygen atoms in total. The summed E-state index contributed by atoms with van der Waals surface area (Å²) in [6.07, 6.45) is 0.281. The number of nitrogens with one attached hydrogen (secondary N) is 1. The van der Waals surface area contributed by atoms with Crippen molar-refractivity contribution in [2.45, 2.75) is 33.2 Å². The molecular weight excluding hydrogens is 242 g/mol. The Morgan fingerprint density at radius 3 is 2.68 bits per heavy atom. The Kier molecular flexibility index (Phi) is 5.36. The lowest BCUT2D eigenvalue weighted by atomic mass is 10.0. The summed E-state index contributed by atoms with van der Waals surface area (Å²) in [5, 5.41) is 14.4. The molecule has 0 heterocycles. The molecule has 1 atom stereocenters. The first-order valence-electron chi connectivity index (χ1n) is 6.26. The number of amidine groups is 1. The summed E-state index contributed by atoms with van der Waals surface area (Å²) in [7, 11) is 0. The molecule has 1 unspecified atom stereocenters. The SMILES string of the molecule is Cc1cccc(CC(=O)NC(C(N)=NO)C(C)C)c1. The lowest BCUT2D eigenvalue weighted by Crippen LogP contribution is -2.48. The van der Waals surface area contributed by atoms with E-state index in [2.05, 4.69) is 10.5 Å².